The van der Waals surface area contributed by atoms with Crippen molar-refractivity contribution in [3.8, 4) is 11.8 Å². The second-order valence-electron chi connectivity index (χ2n) is 3.63. The molecular formula is C13H18N2OS2. The van der Waals surface area contributed by atoms with E-state index in [1.807, 2.05) is 23.2 Å². The summed E-state index contributed by atoms with van der Waals surface area (Å²) in [6, 6.07) is 1.86. The van der Waals surface area contributed by atoms with Crippen molar-refractivity contribution in [3.05, 3.63) is 21.9 Å². The average Bonchev–Trinajstić information content (AvgIpc) is 2.84. The Bertz CT molecular complexity index is 432. The van der Waals surface area contributed by atoms with Crippen molar-refractivity contribution in [3.63, 3.8) is 0 Å². The van der Waals surface area contributed by atoms with Gasteiger partial charge in [-0.1, -0.05) is 11.8 Å². The first-order chi connectivity index (χ1) is 8.79. The van der Waals surface area contributed by atoms with E-state index in [0.29, 0.717) is 11.4 Å². The lowest BCUT2D eigenvalue weighted by Crippen LogP contribution is -2.24. The van der Waals surface area contributed by atoms with Crippen LogP contribution in [-0.2, 0) is 0 Å². The summed E-state index contributed by atoms with van der Waals surface area (Å²) in [4.78, 5) is 12.6. The second kappa shape index (κ2) is 9.03. The smallest absolute Gasteiger partial charge is 0.262 e. The Balaban J connectivity index is 2.44. The van der Waals surface area contributed by atoms with Crippen molar-refractivity contribution in [2.24, 2.45) is 5.73 Å². The Labute approximate surface area is 117 Å². The van der Waals surface area contributed by atoms with E-state index in [2.05, 4.69) is 23.4 Å². The highest BCUT2D eigenvalue weighted by molar-refractivity contribution is 7.98. The molecule has 0 atom stereocenters. The summed E-state index contributed by atoms with van der Waals surface area (Å²) < 4.78 is 0. The van der Waals surface area contributed by atoms with Gasteiger partial charge >= 0.3 is 0 Å². The van der Waals surface area contributed by atoms with Crippen LogP contribution in [0.5, 0.6) is 0 Å². The highest BCUT2D eigenvalue weighted by Crippen LogP contribution is 2.15. The van der Waals surface area contributed by atoms with Gasteiger partial charge in [-0.25, -0.2) is 0 Å². The van der Waals surface area contributed by atoms with Crippen LogP contribution in [0.4, 0.5) is 0 Å². The second-order valence-corrected chi connectivity index (χ2v) is 5.53. The molecule has 1 heterocycles. The molecule has 1 aromatic heterocycles. The molecule has 1 amide bonds. The minimum atomic E-state index is -0.0320. The van der Waals surface area contributed by atoms with Gasteiger partial charge in [-0.3, -0.25) is 4.79 Å². The molecule has 0 bridgehead atoms. The topological polar surface area (TPSA) is 55.1 Å². The number of rotatable bonds is 6. The standard InChI is InChI=1S/C13H18N2OS2/c1-17-9-3-2-8-15-13(16)12-11(5-4-7-14)6-10-18-12/h6,10H,2-3,7-9,14H2,1H3,(H,15,16). The normalized spacial score (nSPS) is 9.67. The summed E-state index contributed by atoms with van der Waals surface area (Å²) in [5, 5.41) is 4.80. The Morgan fingerprint density at radius 2 is 2.39 bits per heavy atom. The fourth-order valence-corrected chi connectivity index (χ4v) is 2.64. The third kappa shape index (κ3) is 5.13. The van der Waals surface area contributed by atoms with E-state index in [1.165, 1.54) is 11.3 Å². The van der Waals surface area contributed by atoms with Gasteiger partial charge in [0.2, 0.25) is 0 Å². The lowest BCUT2D eigenvalue weighted by molar-refractivity contribution is 0.0957. The highest BCUT2D eigenvalue weighted by atomic mass is 32.2. The van der Waals surface area contributed by atoms with Gasteiger partial charge in [0.05, 0.1) is 6.54 Å². The monoisotopic (exact) mass is 282 g/mol. The molecule has 1 rings (SSSR count). The first-order valence-corrected chi connectivity index (χ1v) is 8.10. The van der Waals surface area contributed by atoms with Gasteiger partial charge in [0, 0.05) is 12.1 Å². The van der Waals surface area contributed by atoms with Crippen molar-refractivity contribution < 1.29 is 4.79 Å². The quantitative estimate of drug-likeness (QED) is 0.619. The molecule has 5 heteroatoms. The van der Waals surface area contributed by atoms with E-state index in [9.17, 15) is 4.79 Å². The zero-order valence-electron chi connectivity index (χ0n) is 10.5. The van der Waals surface area contributed by atoms with E-state index in [-0.39, 0.29) is 5.91 Å². The number of nitrogens with two attached hydrogens (primary N) is 1. The molecule has 0 aliphatic rings. The minimum absolute atomic E-state index is 0.0320. The molecular weight excluding hydrogens is 264 g/mol. The number of carbonyl (C=O) groups excluding carboxylic acids is 1. The predicted octanol–water partition coefficient (Wildman–Crippen LogP) is 1.93. The average molecular weight is 282 g/mol. The van der Waals surface area contributed by atoms with Gasteiger partial charge < -0.3 is 11.1 Å². The molecule has 0 aliphatic carbocycles. The van der Waals surface area contributed by atoms with Gasteiger partial charge in [0.1, 0.15) is 4.88 Å². The van der Waals surface area contributed by atoms with E-state index in [0.717, 1.165) is 30.7 Å². The first-order valence-electron chi connectivity index (χ1n) is 5.83. The zero-order valence-corrected chi connectivity index (χ0v) is 12.1. The Kier molecular flexibility index (Phi) is 7.58. The first kappa shape index (κ1) is 15.1. The summed E-state index contributed by atoms with van der Waals surface area (Å²) in [5.41, 5.74) is 6.10. The van der Waals surface area contributed by atoms with Crippen LogP contribution < -0.4 is 11.1 Å². The molecule has 0 fully saturated rings. The number of unbranched alkanes of at least 4 members (excludes halogenated alkanes) is 1. The van der Waals surface area contributed by atoms with Crippen LogP contribution >= 0.6 is 23.1 Å². The summed E-state index contributed by atoms with van der Waals surface area (Å²) in [6.07, 6.45) is 4.24. The molecule has 98 valence electrons. The van der Waals surface area contributed by atoms with Crippen LogP contribution in [0, 0.1) is 11.8 Å². The fraction of sp³-hybridized carbons (Fsp3) is 0.462. The van der Waals surface area contributed by atoms with Crippen LogP contribution in [0.25, 0.3) is 0 Å². The number of carbonyl (C=O) groups is 1. The van der Waals surface area contributed by atoms with Crippen molar-refractivity contribution in [2.75, 3.05) is 25.1 Å². The molecule has 0 saturated heterocycles. The van der Waals surface area contributed by atoms with Gasteiger partial charge in [0.25, 0.3) is 5.91 Å². The highest BCUT2D eigenvalue weighted by Gasteiger charge is 2.10. The number of nitrogens with one attached hydrogen (secondary N) is 1. The summed E-state index contributed by atoms with van der Waals surface area (Å²) >= 11 is 3.25. The van der Waals surface area contributed by atoms with E-state index in [1.54, 1.807) is 0 Å². The van der Waals surface area contributed by atoms with Crippen molar-refractivity contribution in [1.29, 1.82) is 0 Å². The van der Waals surface area contributed by atoms with Gasteiger partial charge in [-0.15, -0.1) is 11.3 Å². The van der Waals surface area contributed by atoms with Crippen LogP contribution in [0.3, 0.4) is 0 Å². The van der Waals surface area contributed by atoms with Crippen LogP contribution in [0.1, 0.15) is 28.1 Å². The molecule has 18 heavy (non-hydrogen) atoms. The number of thiophene rings is 1. The predicted molar refractivity (Wildman–Crippen MR) is 80.2 cm³/mol. The molecule has 0 saturated carbocycles. The molecule has 0 aliphatic heterocycles. The van der Waals surface area contributed by atoms with Crippen molar-refractivity contribution in [1.82, 2.24) is 5.32 Å². The van der Waals surface area contributed by atoms with Crippen LogP contribution in [0.2, 0.25) is 0 Å². The SMILES string of the molecule is CSCCCCNC(=O)c1sccc1C#CCN. The molecule has 0 unspecified atom stereocenters. The molecule has 0 radical (unpaired) electrons. The maximum absolute atomic E-state index is 11.9. The van der Waals surface area contributed by atoms with E-state index < -0.39 is 0 Å². The molecule has 3 N–H and O–H groups in total. The number of amides is 1. The fourth-order valence-electron chi connectivity index (χ4n) is 1.38. The van der Waals surface area contributed by atoms with Crippen molar-refractivity contribution >= 4 is 29.0 Å². The number of hydrogen-bond donors (Lipinski definition) is 2. The Hall–Kier alpha value is -0.960. The van der Waals surface area contributed by atoms with E-state index >= 15 is 0 Å². The molecule has 1 aromatic rings. The third-order valence-corrected chi connectivity index (χ3v) is 3.87. The summed E-state index contributed by atoms with van der Waals surface area (Å²) in [6.45, 7) is 1.03. The number of thioether (sulfide) groups is 1. The van der Waals surface area contributed by atoms with Gasteiger partial charge in [-0.2, -0.15) is 11.8 Å². The van der Waals surface area contributed by atoms with E-state index in [4.69, 9.17) is 5.73 Å². The van der Waals surface area contributed by atoms with Crippen LogP contribution in [0.15, 0.2) is 11.4 Å². The van der Waals surface area contributed by atoms with Gasteiger partial charge in [0.15, 0.2) is 0 Å². The maximum atomic E-state index is 11.9. The van der Waals surface area contributed by atoms with Crippen LogP contribution in [-0.4, -0.2) is 31.0 Å². The Morgan fingerprint density at radius 1 is 1.56 bits per heavy atom. The van der Waals surface area contributed by atoms with Crippen molar-refractivity contribution in [2.45, 2.75) is 12.8 Å². The Morgan fingerprint density at radius 3 is 3.11 bits per heavy atom. The summed E-state index contributed by atoms with van der Waals surface area (Å²) in [7, 11) is 0. The minimum Gasteiger partial charge on any atom is -0.351 e. The maximum Gasteiger partial charge on any atom is 0.262 e. The lowest BCUT2D eigenvalue weighted by Gasteiger charge is -2.03. The largest absolute Gasteiger partial charge is 0.351 e. The third-order valence-electron chi connectivity index (χ3n) is 2.26. The molecule has 3 nitrogen and oxygen atoms in total. The lowest BCUT2D eigenvalue weighted by atomic mass is 10.2. The summed E-state index contributed by atoms with van der Waals surface area (Å²) in [5.74, 6) is 6.80. The number of hydrogen-bond acceptors (Lipinski definition) is 4. The van der Waals surface area contributed by atoms with Gasteiger partial charge in [-0.05, 0) is 36.3 Å². The molecule has 0 aromatic carbocycles. The zero-order chi connectivity index (χ0) is 13.2. The molecule has 0 spiro atoms.